The first kappa shape index (κ1) is 17.4. The molecule has 7 heteroatoms. The van der Waals surface area contributed by atoms with Crippen LogP contribution in [0, 0.1) is 0 Å². The van der Waals surface area contributed by atoms with E-state index in [0.717, 1.165) is 17.7 Å². The molecule has 2 rings (SSSR count). The van der Waals surface area contributed by atoms with Crippen LogP contribution in [0.1, 0.15) is 17.3 Å². The zero-order chi connectivity index (χ0) is 17.5. The molecule has 0 aliphatic rings. The highest BCUT2D eigenvalue weighted by Gasteiger charge is 2.22. The van der Waals surface area contributed by atoms with E-state index in [1.165, 1.54) is 11.3 Å². The van der Waals surface area contributed by atoms with Gasteiger partial charge >= 0.3 is 11.9 Å². The number of hydrogen-bond acceptors (Lipinski definition) is 5. The summed E-state index contributed by atoms with van der Waals surface area (Å²) in [7, 11) is 0. The number of nitrogens with one attached hydrogen (secondary N) is 1. The SMILES string of the molecule is CCOC(=O)c1c(-c2ccccc2)csc1NC(=O)C=CC(=O)O. The van der Waals surface area contributed by atoms with Gasteiger partial charge in [-0.1, -0.05) is 30.3 Å². The van der Waals surface area contributed by atoms with Crippen molar-refractivity contribution in [1.82, 2.24) is 0 Å². The first-order chi connectivity index (χ1) is 11.5. The van der Waals surface area contributed by atoms with E-state index in [4.69, 9.17) is 9.84 Å². The summed E-state index contributed by atoms with van der Waals surface area (Å²) in [5.74, 6) is -2.41. The van der Waals surface area contributed by atoms with Gasteiger partial charge in [-0.3, -0.25) is 4.79 Å². The molecule has 2 aromatic rings. The summed E-state index contributed by atoms with van der Waals surface area (Å²) < 4.78 is 5.07. The number of carboxylic acid groups (broad SMARTS) is 1. The number of anilines is 1. The minimum absolute atomic E-state index is 0.204. The van der Waals surface area contributed by atoms with Gasteiger partial charge in [-0.2, -0.15) is 0 Å². The highest BCUT2D eigenvalue weighted by molar-refractivity contribution is 7.15. The monoisotopic (exact) mass is 345 g/mol. The molecular weight excluding hydrogens is 330 g/mol. The van der Waals surface area contributed by atoms with Crippen molar-refractivity contribution in [1.29, 1.82) is 0 Å². The van der Waals surface area contributed by atoms with Gasteiger partial charge < -0.3 is 15.2 Å². The molecule has 1 heterocycles. The zero-order valence-electron chi connectivity index (χ0n) is 12.8. The van der Waals surface area contributed by atoms with Gasteiger partial charge in [-0.25, -0.2) is 9.59 Å². The predicted octanol–water partition coefficient (Wildman–Crippen LogP) is 3.17. The number of thiophene rings is 1. The molecule has 6 nitrogen and oxygen atoms in total. The minimum atomic E-state index is -1.23. The summed E-state index contributed by atoms with van der Waals surface area (Å²) in [6.45, 7) is 1.90. The average Bonchev–Trinajstić information content (AvgIpc) is 2.97. The molecule has 1 aromatic carbocycles. The standard InChI is InChI=1S/C17H15NO5S/c1-2-23-17(22)15-12(11-6-4-3-5-7-11)10-24-16(15)18-13(19)8-9-14(20)21/h3-10H,2H2,1H3,(H,18,19)(H,20,21). The first-order valence-corrected chi connectivity index (χ1v) is 7.97. The van der Waals surface area contributed by atoms with Crippen LogP contribution in [0.2, 0.25) is 0 Å². The molecule has 0 bridgehead atoms. The highest BCUT2D eigenvalue weighted by atomic mass is 32.1. The number of amides is 1. The zero-order valence-corrected chi connectivity index (χ0v) is 13.6. The van der Waals surface area contributed by atoms with Gasteiger partial charge in [0.1, 0.15) is 10.6 Å². The van der Waals surface area contributed by atoms with Crippen LogP contribution >= 0.6 is 11.3 Å². The van der Waals surface area contributed by atoms with E-state index < -0.39 is 17.8 Å². The van der Waals surface area contributed by atoms with Crippen molar-refractivity contribution in [3.05, 3.63) is 53.4 Å². The summed E-state index contributed by atoms with van der Waals surface area (Å²) in [5, 5.41) is 13.1. The van der Waals surface area contributed by atoms with Crippen molar-refractivity contribution in [2.24, 2.45) is 0 Å². The highest BCUT2D eigenvalue weighted by Crippen LogP contribution is 2.36. The normalized spacial score (nSPS) is 10.5. The van der Waals surface area contributed by atoms with E-state index in [1.807, 2.05) is 30.3 Å². The van der Waals surface area contributed by atoms with E-state index in [1.54, 1.807) is 12.3 Å². The topological polar surface area (TPSA) is 92.7 Å². The van der Waals surface area contributed by atoms with Gasteiger partial charge in [0.15, 0.2) is 0 Å². The Hall–Kier alpha value is -2.93. The van der Waals surface area contributed by atoms with Crippen molar-refractivity contribution in [2.75, 3.05) is 11.9 Å². The Balaban J connectivity index is 2.38. The molecule has 0 fully saturated rings. The molecule has 24 heavy (non-hydrogen) atoms. The van der Waals surface area contributed by atoms with Gasteiger partial charge in [0, 0.05) is 23.1 Å². The third kappa shape index (κ3) is 4.30. The number of esters is 1. The molecule has 0 radical (unpaired) electrons. The van der Waals surface area contributed by atoms with Gasteiger partial charge in [-0.05, 0) is 12.5 Å². The lowest BCUT2D eigenvalue weighted by molar-refractivity contribution is -0.131. The maximum absolute atomic E-state index is 12.3. The second-order valence-corrected chi connectivity index (χ2v) is 5.48. The van der Waals surface area contributed by atoms with Crippen LogP contribution in [-0.4, -0.2) is 29.6 Å². The maximum Gasteiger partial charge on any atom is 0.341 e. The van der Waals surface area contributed by atoms with Crippen molar-refractivity contribution in [2.45, 2.75) is 6.92 Å². The van der Waals surface area contributed by atoms with E-state index >= 15 is 0 Å². The van der Waals surface area contributed by atoms with Crippen molar-refractivity contribution < 1.29 is 24.2 Å². The van der Waals surface area contributed by atoms with Crippen molar-refractivity contribution in [3.63, 3.8) is 0 Å². The molecule has 2 N–H and O–H groups in total. The lowest BCUT2D eigenvalue weighted by Crippen LogP contribution is -2.13. The third-order valence-corrected chi connectivity index (χ3v) is 3.86. The Bertz CT molecular complexity index is 780. The number of hydrogen-bond donors (Lipinski definition) is 2. The van der Waals surface area contributed by atoms with E-state index in [9.17, 15) is 14.4 Å². The second kappa shape index (κ2) is 8.07. The fourth-order valence-electron chi connectivity index (χ4n) is 1.99. The van der Waals surface area contributed by atoms with E-state index in [2.05, 4.69) is 5.32 Å². The van der Waals surface area contributed by atoms with Crippen LogP contribution in [0.15, 0.2) is 47.9 Å². The smallest absolute Gasteiger partial charge is 0.341 e. The molecular formula is C17H15NO5S. The minimum Gasteiger partial charge on any atom is -0.478 e. The number of carbonyl (C=O) groups is 3. The number of aliphatic carboxylic acids is 1. The third-order valence-electron chi connectivity index (χ3n) is 2.97. The second-order valence-electron chi connectivity index (χ2n) is 4.60. The maximum atomic E-state index is 12.3. The molecule has 1 amide bonds. The molecule has 0 atom stereocenters. The lowest BCUT2D eigenvalue weighted by atomic mass is 10.0. The Labute approximate surface area is 142 Å². The molecule has 0 saturated heterocycles. The summed E-state index contributed by atoms with van der Waals surface area (Å²) in [6.07, 6.45) is 1.62. The number of carboxylic acids is 1. The molecule has 0 aliphatic heterocycles. The fraction of sp³-hybridized carbons (Fsp3) is 0.118. The number of carbonyl (C=O) groups excluding carboxylic acids is 2. The van der Waals surface area contributed by atoms with Crippen LogP contribution in [-0.2, 0) is 14.3 Å². The van der Waals surface area contributed by atoms with Crippen molar-refractivity contribution >= 4 is 34.2 Å². The van der Waals surface area contributed by atoms with Gasteiger partial charge in [0.25, 0.3) is 0 Å². The predicted molar refractivity (Wildman–Crippen MR) is 91.1 cm³/mol. The summed E-state index contributed by atoms with van der Waals surface area (Å²) in [5.41, 5.74) is 1.72. The number of ether oxygens (including phenoxy) is 1. The van der Waals surface area contributed by atoms with E-state index in [0.29, 0.717) is 10.6 Å². The molecule has 0 saturated carbocycles. The molecule has 0 aliphatic carbocycles. The van der Waals surface area contributed by atoms with Crippen LogP contribution in [0.5, 0.6) is 0 Å². The van der Waals surface area contributed by atoms with Gasteiger partial charge in [0.2, 0.25) is 5.91 Å². The molecule has 1 aromatic heterocycles. The fourth-order valence-corrected chi connectivity index (χ4v) is 2.95. The summed E-state index contributed by atoms with van der Waals surface area (Å²) in [4.78, 5) is 34.5. The van der Waals surface area contributed by atoms with Crippen molar-refractivity contribution in [3.8, 4) is 11.1 Å². The summed E-state index contributed by atoms with van der Waals surface area (Å²) >= 11 is 1.17. The van der Waals surface area contributed by atoms with Crippen LogP contribution in [0.25, 0.3) is 11.1 Å². The van der Waals surface area contributed by atoms with Crippen LogP contribution in [0.3, 0.4) is 0 Å². The Morgan fingerprint density at radius 2 is 1.92 bits per heavy atom. The number of rotatable bonds is 6. The van der Waals surface area contributed by atoms with E-state index in [-0.39, 0.29) is 12.2 Å². The average molecular weight is 345 g/mol. The van der Waals surface area contributed by atoms with Crippen LogP contribution in [0.4, 0.5) is 5.00 Å². The van der Waals surface area contributed by atoms with Crippen LogP contribution < -0.4 is 5.32 Å². The Kier molecular flexibility index (Phi) is 5.86. The first-order valence-electron chi connectivity index (χ1n) is 7.09. The number of benzene rings is 1. The quantitative estimate of drug-likeness (QED) is 0.620. The molecule has 124 valence electrons. The largest absolute Gasteiger partial charge is 0.478 e. The Morgan fingerprint density at radius 1 is 1.21 bits per heavy atom. The lowest BCUT2D eigenvalue weighted by Gasteiger charge is -2.07. The van der Waals surface area contributed by atoms with Gasteiger partial charge in [-0.15, -0.1) is 11.3 Å². The van der Waals surface area contributed by atoms with Gasteiger partial charge in [0.05, 0.1) is 6.61 Å². The molecule has 0 unspecified atom stereocenters. The summed E-state index contributed by atoms with van der Waals surface area (Å²) in [6, 6.07) is 9.24. The Morgan fingerprint density at radius 3 is 2.54 bits per heavy atom. The molecule has 0 spiro atoms.